The van der Waals surface area contributed by atoms with Crippen molar-refractivity contribution in [1.82, 2.24) is 0 Å². The van der Waals surface area contributed by atoms with Crippen molar-refractivity contribution in [2.24, 2.45) is 11.8 Å². The Morgan fingerprint density at radius 3 is 2.89 bits per heavy atom. The highest BCUT2D eigenvalue weighted by Crippen LogP contribution is 2.35. The van der Waals surface area contributed by atoms with Crippen LogP contribution in [0.4, 0.5) is 0 Å². The largest absolute Gasteiger partial charge is 0.481 e. The molecule has 1 heterocycles. The molecule has 4 heteroatoms. The lowest BCUT2D eigenvalue weighted by Crippen LogP contribution is -2.15. The van der Waals surface area contributed by atoms with Crippen molar-refractivity contribution < 1.29 is 14.3 Å². The van der Waals surface area contributed by atoms with Crippen LogP contribution in [0, 0.1) is 11.8 Å². The van der Waals surface area contributed by atoms with Gasteiger partial charge in [-0.25, -0.2) is 0 Å². The molecule has 27 heavy (non-hydrogen) atoms. The Morgan fingerprint density at radius 2 is 2.26 bits per heavy atom. The first-order chi connectivity index (χ1) is 13.0. The maximum Gasteiger partial charge on any atom is 0.306 e. The average Bonchev–Trinajstić information content (AvgIpc) is 3.39. The van der Waals surface area contributed by atoms with Gasteiger partial charge in [0, 0.05) is 12.0 Å². The molecule has 150 valence electrons. The molecule has 1 N–H and O–H groups in total. The van der Waals surface area contributed by atoms with E-state index in [1.54, 1.807) is 11.8 Å². The Morgan fingerprint density at radius 1 is 1.48 bits per heavy atom. The monoisotopic (exact) mass is 390 g/mol. The molecule has 3 nitrogen and oxygen atoms in total. The molecule has 1 aromatic rings. The van der Waals surface area contributed by atoms with Crippen LogP contribution in [0.3, 0.4) is 0 Å². The molecule has 1 aliphatic carbocycles. The molecule has 1 unspecified atom stereocenters. The van der Waals surface area contributed by atoms with Crippen LogP contribution >= 0.6 is 11.8 Å². The third-order valence-electron chi connectivity index (χ3n) is 5.19. The van der Waals surface area contributed by atoms with Gasteiger partial charge in [-0.1, -0.05) is 45.3 Å². The van der Waals surface area contributed by atoms with Crippen molar-refractivity contribution in [3.63, 3.8) is 0 Å². The van der Waals surface area contributed by atoms with Crippen molar-refractivity contribution in [3.05, 3.63) is 35.8 Å². The van der Waals surface area contributed by atoms with E-state index in [0.29, 0.717) is 12.8 Å². The second kappa shape index (κ2) is 11.4. The topological polar surface area (TPSA) is 50.4 Å². The fraction of sp³-hybridized carbons (Fsp3) is 0.609. The van der Waals surface area contributed by atoms with Crippen LogP contribution < -0.4 is 0 Å². The van der Waals surface area contributed by atoms with Gasteiger partial charge in [0.2, 0.25) is 0 Å². The summed E-state index contributed by atoms with van der Waals surface area (Å²) in [5, 5.41) is 9.54. The van der Waals surface area contributed by atoms with Gasteiger partial charge in [0.05, 0.1) is 5.92 Å². The average molecular weight is 391 g/mol. The summed E-state index contributed by atoms with van der Waals surface area (Å²) in [5.41, 5.74) is 1.86. The second-order valence-corrected chi connectivity index (χ2v) is 8.63. The van der Waals surface area contributed by atoms with Crippen LogP contribution in [-0.4, -0.2) is 23.1 Å². The zero-order chi connectivity index (χ0) is 19.6. The normalized spacial score (nSPS) is 15.3. The molecule has 1 aromatic heterocycles. The number of allylic oxidation sites excluding steroid dienone is 2. The molecule has 0 amide bonds. The minimum absolute atomic E-state index is 0.383. The van der Waals surface area contributed by atoms with Gasteiger partial charge in [0.15, 0.2) is 0 Å². The lowest BCUT2D eigenvalue weighted by atomic mass is 9.93. The number of hydrogen-bond donors (Lipinski definition) is 1. The van der Waals surface area contributed by atoms with E-state index in [0.717, 1.165) is 53.6 Å². The molecular formula is C23H34O3S. The summed E-state index contributed by atoms with van der Waals surface area (Å²) in [7, 11) is 0. The Bertz CT molecular complexity index is 640. The number of carbonyl (C=O) groups is 1. The van der Waals surface area contributed by atoms with Crippen molar-refractivity contribution >= 4 is 29.4 Å². The van der Waals surface area contributed by atoms with Gasteiger partial charge in [-0.05, 0) is 61.3 Å². The standard InChI is InChI=1S/C23H34O3S/c1-4-5-6-7-8-22-21(16-20(26-22)12-11-18-9-10-18)17(2)15-19(23(24)25)13-14-27-3/h7-8,16,18-19H,2,4-6,9-15H2,1,3H3,(H,24,25)/b8-7-. The number of aliphatic carboxylic acids is 1. The third kappa shape index (κ3) is 7.61. The van der Waals surface area contributed by atoms with Crippen LogP contribution in [0.25, 0.3) is 11.6 Å². The van der Waals surface area contributed by atoms with Crippen LogP contribution in [0.1, 0.15) is 75.4 Å². The maximum absolute atomic E-state index is 11.6. The molecule has 1 fully saturated rings. The SMILES string of the molecule is C=C(CC(CCSC)C(=O)O)c1cc(CCC2CC2)oc1/C=C\CCCC. The third-order valence-corrected chi connectivity index (χ3v) is 5.84. The number of unbranched alkanes of at least 4 members (excludes halogenated alkanes) is 2. The molecule has 0 aromatic carbocycles. The maximum atomic E-state index is 11.6. The second-order valence-electron chi connectivity index (χ2n) is 7.64. The van der Waals surface area contributed by atoms with Gasteiger partial charge >= 0.3 is 5.97 Å². The van der Waals surface area contributed by atoms with Crippen LogP contribution in [0.15, 0.2) is 23.1 Å². The smallest absolute Gasteiger partial charge is 0.306 e. The van der Waals surface area contributed by atoms with Gasteiger partial charge in [0.1, 0.15) is 11.5 Å². The Kier molecular flexibility index (Phi) is 9.26. The first-order valence-corrected chi connectivity index (χ1v) is 11.6. The molecule has 0 aliphatic heterocycles. The van der Waals surface area contributed by atoms with Gasteiger partial charge < -0.3 is 9.52 Å². The number of carboxylic acids is 1. The number of aryl methyl sites for hydroxylation is 1. The van der Waals surface area contributed by atoms with Crippen molar-refractivity contribution in [1.29, 1.82) is 0 Å². The van der Waals surface area contributed by atoms with E-state index in [4.69, 9.17) is 4.42 Å². The minimum Gasteiger partial charge on any atom is -0.481 e. The van der Waals surface area contributed by atoms with Crippen molar-refractivity contribution in [3.8, 4) is 0 Å². The highest BCUT2D eigenvalue weighted by atomic mass is 32.2. The summed E-state index contributed by atoms with van der Waals surface area (Å²) in [6.45, 7) is 6.40. The Balaban J connectivity index is 2.10. The Labute approximate surface area is 168 Å². The lowest BCUT2D eigenvalue weighted by Gasteiger charge is -2.13. The summed E-state index contributed by atoms with van der Waals surface area (Å²) < 4.78 is 6.12. The number of carboxylic acid groups (broad SMARTS) is 1. The molecule has 1 atom stereocenters. The van der Waals surface area contributed by atoms with Crippen LogP contribution in [0.5, 0.6) is 0 Å². The molecule has 2 rings (SSSR count). The summed E-state index contributed by atoms with van der Waals surface area (Å²) in [6, 6.07) is 2.09. The number of hydrogen-bond acceptors (Lipinski definition) is 3. The predicted molar refractivity (Wildman–Crippen MR) is 116 cm³/mol. The predicted octanol–water partition coefficient (Wildman–Crippen LogP) is 6.68. The minimum atomic E-state index is -0.734. The fourth-order valence-corrected chi connectivity index (χ4v) is 3.75. The fourth-order valence-electron chi connectivity index (χ4n) is 3.23. The zero-order valence-corrected chi connectivity index (χ0v) is 17.7. The van der Waals surface area contributed by atoms with E-state index >= 15 is 0 Å². The van der Waals surface area contributed by atoms with E-state index in [1.807, 2.05) is 6.26 Å². The van der Waals surface area contributed by atoms with E-state index < -0.39 is 5.97 Å². The summed E-state index contributed by atoms with van der Waals surface area (Å²) in [5.74, 6) is 2.45. The lowest BCUT2D eigenvalue weighted by molar-refractivity contribution is -0.141. The number of thioether (sulfide) groups is 1. The number of rotatable bonds is 14. The van der Waals surface area contributed by atoms with Crippen molar-refractivity contribution in [2.45, 2.75) is 64.7 Å². The quantitative estimate of drug-likeness (QED) is 0.360. The highest BCUT2D eigenvalue weighted by molar-refractivity contribution is 7.98. The summed E-state index contributed by atoms with van der Waals surface area (Å²) in [4.78, 5) is 11.6. The number of furan rings is 1. The van der Waals surface area contributed by atoms with Gasteiger partial charge in [-0.2, -0.15) is 11.8 Å². The Hall–Kier alpha value is -1.42. The van der Waals surface area contributed by atoms with E-state index in [-0.39, 0.29) is 5.92 Å². The van der Waals surface area contributed by atoms with Crippen molar-refractivity contribution in [2.75, 3.05) is 12.0 Å². The summed E-state index contributed by atoms with van der Waals surface area (Å²) >= 11 is 1.69. The van der Waals surface area contributed by atoms with Crippen LogP contribution in [0.2, 0.25) is 0 Å². The van der Waals surface area contributed by atoms with Crippen LogP contribution in [-0.2, 0) is 11.2 Å². The molecule has 0 spiro atoms. The van der Waals surface area contributed by atoms with Gasteiger partial charge in [-0.3, -0.25) is 4.79 Å². The molecule has 1 saturated carbocycles. The van der Waals surface area contributed by atoms with E-state index in [1.165, 1.54) is 25.7 Å². The molecule has 0 saturated heterocycles. The molecule has 0 bridgehead atoms. The first-order valence-electron chi connectivity index (χ1n) is 10.2. The zero-order valence-electron chi connectivity index (χ0n) is 16.8. The van der Waals surface area contributed by atoms with E-state index in [9.17, 15) is 9.90 Å². The van der Waals surface area contributed by atoms with Gasteiger partial charge in [-0.15, -0.1) is 0 Å². The van der Waals surface area contributed by atoms with Gasteiger partial charge in [0.25, 0.3) is 0 Å². The first kappa shape index (κ1) is 21.9. The summed E-state index contributed by atoms with van der Waals surface area (Å²) in [6.07, 6.45) is 15.6. The van der Waals surface area contributed by atoms with E-state index in [2.05, 4.69) is 31.7 Å². The molecular weight excluding hydrogens is 356 g/mol. The molecule has 0 radical (unpaired) electrons. The molecule has 1 aliphatic rings. The highest BCUT2D eigenvalue weighted by Gasteiger charge is 2.23.